The third kappa shape index (κ3) is 2.29. The Hall–Kier alpha value is -1.46. The molecule has 0 N–H and O–H groups in total. The molecule has 0 spiro atoms. The smallest absolute Gasteiger partial charge is 0.282 e. The molecule has 1 aliphatic carbocycles. The maximum atomic E-state index is 12.6. The van der Waals surface area contributed by atoms with Crippen LogP contribution in [-0.2, 0) is 14.8 Å². The van der Waals surface area contributed by atoms with Crippen molar-refractivity contribution >= 4 is 15.7 Å². The summed E-state index contributed by atoms with van der Waals surface area (Å²) in [5, 5.41) is 0. The topological polar surface area (TPSA) is 55.7 Å². The number of benzene rings is 1. The molecule has 1 saturated heterocycles. The number of allylic oxidation sites excluding steroid dienone is 1. The normalized spacial score (nSPS) is 34.9. The first-order valence-electron chi connectivity index (χ1n) is 7.89. The number of hydrogen-bond acceptors (Lipinski definition) is 3. The first-order chi connectivity index (χ1) is 10.7. The van der Waals surface area contributed by atoms with Crippen LogP contribution in [0.3, 0.4) is 0 Å². The van der Waals surface area contributed by atoms with Gasteiger partial charge in [-0.25, -0.2) is 0 Å². The SMILES string of the molecule is C=CCC12/C(=N/S(=O)(=O)c3ccc(C)cc3)CC1(C)COC2C. The maximum Gasteiger partial charge on any atom is 0.282 e. The summed E-state index contributed by atoms with van der Waals surface area (Å²) >= 11 is 0. The fraction of sp³-hybridized carbons (Fsp3) is 0.500. The predicted molar refractivity (Wildman–Crippen MR) is 91.2 cm³/mol. The van der Waals surface area contributed by atoms with Gasteiger partial charge in [-0.3, -0.25) is 0 Å². The van der Waals surface area contributed by atoms with Gasteiger partial charge in [0.15, 0.2) is 0 Å². The molecule has 2 aliphatic rings. The maximum absolute atomic E-state index is 12.6. The molecule has 0 amide bonds. The molecule has 1 aromatic carbocycles. The lowest BCUT2D eigenvalue weighted by atomic mass is 9.47. The minimum atomic E-state index is -3.68. The van der Waals surface area contributed by atoms with E-state index in [0.717, 1.165) is 11.3 Å². The zero-order chi connectivity index (χ0) is 16.9. The molecule has 3 rings (SSSR count). The Morgan fingerprint density at radius 3 is 2.61 bits per heavy atom. The Labute approximate surface area is 138 Å². The van der Waals surface area contributed by atoms with Gasteiger partial charge in [0.25, 0.3) is 10.0 Å². The summed E-state index contributed by atoms with van der Waals surface area (Å²) in [6.45, 7) is 10.6. The number of rotatable bonds is 4. The molecule has 1 saturated carbocycles. The molecule has 1 aromatic rings. The van der Waals surface area contributed by atoms with Gasteiger partial charge in [0.2, 0.25) is 0 Å². The highest BCUT2D eigenvalue weighted by Crippen LogP contribution is 2.63. The van der Waals surface area contributed by atoms with Gasteiger partial charge in [0.05, 0.1) is 17.6 Å². The van der Waals surface area contributed by atoms with E-state index in [2.05, 4.69) is 17.9 Å². The lowest BCUT2D eigenvalue weighted by Gasteiger charge is -2.54. The Kier molecular flexibility index (Phi) is 3.76. The van der Waals surface area contributed by atoms with Gasteiger partial charge < -0.3 is 4.74 Å². The number of hydrogen-bond donors (Lipinski definition) is 0. The van der Waals surface area contributed by atoms with Crippen LogP contribution in [0.25, 0.3) is 0 Å². The summed E-state index contributed by atoms with van der Waals surface area (Å²) in [6, 6.07) is 6.81. The quantitative estimate of drug-likeness (QED) is 0.792. The lowest BCUT2D eigenvalue weighted by molar-refractivity contribution is 0.0842. The van der Waals surface area contributed by atoms with Crippen LogP contribution in [0.2, 0.25) is 0 Å². The molecule has 3 unspecified atom stereocenters. The van der Waals surface area contributed by atoms with Crippen molar-refractivity contribution in [1.29, 1.82) is 0 Å². The standard InChI is InChI=1S/C18H23NO3S/c1-5-10-18-14(3)22-12-17(18,4)11-16(18)19-23(20,21)15-8-6-13(2)7-9-15/h5-9,14H,1,10-12H2,2-4H3/b19-16+. The van der Waals surface area contributed by atoms with Crippen molar-refractivity contribution in [2.45, 2.75) is 44.6 Å². The zero-order valence-electron chi connectivity index (χ0n) is 13.9. The van der Waals surface area contributed by atoms with Crippen LogP contribution in [0.1, 0.15) is 32.3 Å². The highest BCUT2D eigenvalue weighted by atomic mass is 32.2. The first kappa shape index (κ1) is 16.4. The average molecular weight is 333 g/mol. The van der Waals surface area contributed by atoms with E-state index in [1.807, 2.05) is 19.9 Å². The van der Waals surface area contributed by atoms with E-state index in [1.54, 1.807) is 24.3 Å². The van der Waals surface area contributed by atoms with E-state index >= 15 is 0 Å². The Balaban J connectivity index is 2.02. The molecule has 0 aromatic heterocycles. The van der Waals surface area contributed by atoms with Crippen LogP contribution in [0.5, 0.6) is 0 Å². The van der Waals surface area contributed by atoms with Crippen LogP contribution in [0.15, 0.2) is 46.2 Å². The fourth-order valence-corrected chi connectivity index (χ4v) is 5.17. The van der Waals surface area contributed by atoms with Gasteiger partial charge in [-0.15, -0.1) is 6.58 Å². The number of ether oxygens (including phenoxy) is 1. The van der Waals surface area contributed by atoms with Crippen LogP contribution >= 0.6 is 0 Å². The molecule has 3 atom stereocenters. The van der Waals surface area contributed by atoms with Gasteiger partial charge >= 0.3 is 0 Å². The first-order valence-corrected chi connectivity index (χ1v) is 9.33. The molecule has 5 heteroatoms. The van der Waals surface area contributed by atoms with Crippen molar-refractivity contribution in [3.05, 3.63) is 42.5 Å². The minimum Gasteiger partial charge on any atom is -0.377 e. The van der Waals surface area contributed by atoms with Crippen molar-refractivity contribution in [2.75, 3.05) is 6.61 Å². The summed E-state index contributed by atoms with van der Waals surface area (Å²) < 4.78 is 35.3. The molecule has 1 heterocycles. The summed E-state index contributed by atoms with van der Waals surface area (Å²) in [4.78, 5) is 0.240. The molecule has 0 radical (unpaired) electrons. The van der Waals surface area contributed by atoms with E-state index in [-0.39, 0.29) is 21.8 Å². The average Bonchev–Trinajstić information content (AvgIpc) is 2.67. The van der Waals surface area contributed by atoms with Gasteiger partial charge in [-0.1, -0.05) is 30.7 Å². The molecule has 23 heavy (non-hydrogen) atoms. The summed E-state index contributed by atoms with van der Waals surface area (Å²) in [6.07, 6.45) is 3.14. The van der Waals surface area contributed by atoms with Gasteiger partial charge in [0.1, 0.15) is 0 Å². The second kappa shape index (κ2) is 5.28. The molecule has 4 nitrogen and oxygen atoms in total. The highest BCUT2D eigenvalue weighted by molar-refractivity contribution is 7.90. The number of fused-ring (bicyclic) bond motifs is 1. The third-order valence-corrected chi connectivity index (χ3v) is 6.84. The van der Waals surface area contributed by atoms with E-state index in [9.17, 15) is 8.42 Å². The second-order valence-corrected chi connectivity index (χ2v) is 8.59. The van der Waals surface area contributed by atoms with E-state index in [0.29, 0.717) is 19.4 Å². The molecule has 2 fully saturated rings. The second-order valence-electron chi connectivity index (χ2n) is 6.98. The molecule has 124 valence electrons. The van der Waals surface area contributed by atoms with Crippen LogP contribution in [0, 0.1) is 17.8 Å². The Bertz CT molecular complexity index is 766. The molecule has 1 aliphatic heterocycles. The van der Waals surface area contributed by atoms with E-state index < -0.39 is 10.0 Å². The van der Waals surface area contributed by atoms with Crippen LogP contribution < -0.4 is 0 Å². The van der Waals surface area contributed by atoms with Gasteiger partial charge in [0, 0.05) is 16.5 Å². The molecular formula is C18H23NO3S. The van der Waals surface area contributed by atoms with Gasteiger partial charge in [-0.2, -0.15) is 12.8 Å². The van der Waals surface area contributed by atoms with E-state index in [4.69, 9.17) is 4.74 Å². The lowest BCUT2D eigenvalue weighted by Crippen LogP contribution is -2.59. The summed E-state index contributed by atoms with van der Waals surface area (Å²) in [5.74, 6) is 0. The van der Waals surface area contributed by atoms with Gasteiger partial charge in [-0.05, 0) is 38.8 Å². The van der Waals surface area contributed by atoms with Crippen molar-refractivity contribution < 1.29 is 13.2 Å². The van der Waals surface area contributed by atoms with Crippen molar-refractivity contribution in [3.63, 3.8) is 0 Å². The van der Waals surface area contributed by atoms with Crippen LogP contribution in [-0.4, -0.2) is 26.8 Å². The monoisotopic (exact) mass is 333 g/mol. The fourth-order valence-electron chi connectivity index (χ4n) is 4.06. The summed E-state index contributed by atoms with van der Waals surface area (Å²) in [5.41, 5.74) is 1.36. The Morgan fingerprint density at radius 1 is 1.39 bits per heavy atom. The number of aryl methyl sites for hydroxylation is 1. The molecule has 0 bridgehead atoms. The van der Waals surface area contributed by atoms with Crippen molar-refractivity contribution in [3.8, 4) is 0 Å². The van der Waals surface area contributed by atoms with E-state index in [1.165, 1.54) is 0 Å². The molecular weight excluding hydrogens is 310 g/mol. The van der Waals surface area contributed by atoms with Crippen molar-refractivity contribution in [2.24, 2.45) is 15.2 Å². The third-order valence-electron chi connectivity index (χ3n) is 5.51. The van der Waals surface area contributed by atoms with Crippen molar-refractivity contribution in [1.82, 2.24) is 0 Å². The number of sulfonamides is 1. The zero-order valence-corrected chi connectivity index (χ0v) is 14.7. The largest absolute Gasteiger partial charge is 0.377 e. The summed E-state index contributed by atoms with van der Waals surface area (Å²) in [7, 11) is -3.68. The Morgan fingerprint density at radius 2 is 2.04 bits per heavy atom. The number of nitrogens with zero attached hydrogens (tertiary/aromatic N) is 1. The van der Waals surface area contributed by atoms with Crippen LogP contribution in [0.4, 0.5) is 0 Å². The highest BCUT2D eigenvalue weighted by Gasteiger charge is 2.67. The minimum absolute atomic E-state index is 0.0498. The predicted octanol–water partition coefficient (Wildman–Crippen LogP) is 3.52.